The number of aromatic amines is 1. The third kappa shape index (κ3) is 1.83. The lowest BCUT2D eigenvalue weighted by atomic mass is 10.2. The summed E-state index contributed by atoms with van der Waals surface area (Å²) in [6, 6.07) is 6.19. The summed E-state index contributed by atoms with van der Waals surface area (Å²) < 4.78 is 0. The average molecular weight is 244 g/mol. The fraction of sp³-hybridized carbons (Fsp3) is 0.167. The van der Waals surface area contributed by atoms with Crippen LogP contribution in [0, 0.1) is 6.92 Å². The van der Waals surface area contributed by atoms with Crippen LogP contribution < -0.4 is 5.73 Å². The molecule has 0 aliphatic carbocycles. The molecule has 0 radical (unpaired) electrons. The summed E-state index contributed by atoms with van der Waals surface area (Å²) in [4.78, 5) is 13.0. The van der Waals surface area contributed by atoms with Crippen molar-refractivity contribution in [1.29, 1.82) is 0 Å². The molecule has 2 aromatic heterocycles. The molecule has 4 nitrogen and oxygen atoms in total. The Bertz CT molecular complexity index is 668. The fourth-order valence-electron chi connectivity index (χ4n) is 1.83. The van der Waals surface area contributed by atoms with E-state index in [2.05, 4.69) is 27.1 Å². The van der Waals surface area contributed by atoms with Crippen molar-refractivity contribution in [3.8, 4) is 10.4 Å². The highest BCUT2D eigenvalue weighted by atomic mass is 32.1. The third-order valence-corrected chi connectivity index (χ3v) is 3.68. The second kappa shape index (κ2) is 3.94. The van der Waals surface area contributed by atoms with Crippen molar-refractivity contribution in [1.82, 2.24) is 15.0 Å². The van der Waals surface area contributed by atoms with E-state index in [9.17, 15) is 0 Å². The van der Waals surface area contributed by atoms with Gasteiger partial charge in [-0.25, -0.2) is 9.97 Å². The highest BCUT2D eigenvalue weighted by Gasteiger charge is 2.06. The zero-order chi connectivity index (χ0) is 11.8. The third-order valence-electron chi connectivity index (χ3n) is 2.61. The predicted octanol–water partition coefficient (Wildman–Crippen LogP) is 2.45. The zero-order valence-electron chi connectivity index (χ0n) is 9.40. The Balaban J connectivity index is 2.10. The molecular weight excluding hydrogens is 232 g/mol. The van der Waals surface area contributed by atoms with Gasteiger partial charge < -0.3 is 10.7 Å². The monoisotopic (exact) mass is 244 g/mol. The van der Waals surface area contributed by atoms with Gasteiger partial charge >= 0.3 is 0 Å². The van der Waals surface area contributed by atoms with Gasteiger partial charge in [0.15, 0.2) is 0 Å². The number of fused-ring (bicyclic) bond motifs is 1. The van der Waals surface area contributed by atoms with Crippen LogP contribution in [-0.2, 0) is 6.54 Å². The molecule has 0 spiro atoms. The quantitative estimate of drug-likeness (QED) is 0.727. The van der Waals surface area contributed by atoms with Gasteiger partial charge in [-0.15, -0.1) is 11.3 Å². The minimum absolute atomic E-state index is 0.496. The van der Waals surface area contributed by atoms with Gasteiger partial charge in [-0.1, -0.05) is 6.07 Å². The smallest absolute Gasteiger partial charge is 0.107 e. The minimum atomic E-state index is 0.496. The molecule has 0 amide bonds. The van der Waals surface area contributed by atoms with Crippen LogP contribution in [0.5, 0.6) is 0 Å². The molecule has 2 heterocycles. The standard InChI is InChI=1S/C12H12N4S/c1-7-15-9-3-2-8(4-10(9)16-7)11-6-14-12(5-13)17-11/h2-4,6H,5,13H2,1H3,(H,15,16). The zero-order valence-corrected chi connectivity index (χ0v) is 10.2. The van der Waals surface area contributed by atoms with Crippen LogP contribution in [0.25, 0.3) is 21.5 Å². The first-order valence-corrected chi connectivity index (χ1v) is 6.19. The van der Waals surface area contributed by atoms with E-state index < -0.39 is 0 Å². The van der Waals surface area contributed by atoms with Crippen molar-refractivity contribution in [3.05, 3.63) is 35.2 Å². The van der Waals surface area contributed by atoms with Crippen LogP contribution >= 0.6 is 11.3 Å². The topological polar surface area (TPSA) is 67.6 Å². The number of aromatic nitrogens is 3. The predicted molar refractivity (Wildman–Crippen MR) is 69.8 cm³/mol. The van der Waals surface area contributed by atoms with Crippen LogP contribution in [0.4, 0.5) is 0 Å². The average Bonchev–Trinajstić information content (AvgIpc) is 2.92. The Labute approximate surface area is 103 Å². The number of rotatable bonds is 2. The molecule has 3 rings (SSSR count). The lowest BCUT2D eigenvalue weighted by Gasteiger charge is -1.95. The molecule has 0 fully saturated rings. The molecule has 0 atom stereocenters. The Kier molecular flexibility index (Phi) is 2.42. The normalized spacial score (nSPS) is 11.2. The highest BCUT2D eigenvalue weighted by molar-refractivity contribution is 7.15. The first-order chi connectivity index (χ1) is 8.26. The molecule has 0 saturated carbocycles. The number of aryl methyl sites for hydroxylation is 1. The summed E-state index contributed by atoms with van der Waals surface area (Å²) in [6.45, 7) is 2.45. The number of thiazole rings is 1. The van der Waals surface area contributed by atoms with Crippen LogP contribution in [0.1, 0.15) is 10.8 Å². The van der Waals surface area contributed by atoms with E-state index in [4.69, 9.17) is 5.73 Å². The van der Waals surface area contributed by atoms with Gasteiger partial charge in [-0.05, 0) is 24.6 Å². The molecule has 0 aliphatic rings. The van der Waals surface area contributed by atoms with E-state index in [1.165, 1.54) is 0 Å². The molecule has 0 unspecified atom stereocenters. The maximum Gasteiger partial charge on any atom is 0.107 e. The van der Waals surface area contributed by atoms with E-state index in [0.29, 0.717) is 6.54 Å². The molecule has 0 aliphatic heterocycles. The molecule has 1 aromatic carbocycles. The first-order valence-electron chi connectivity index (χ1n) is 5.38. The second-order valence-corrected chi connectivity index (χ2v) is 4.99. The first kappa shape index (κ1) is 10.4. The summed E-state index contributed by atoms with van der Waals surface area (Å²) >= 11 is 1.63. The van der Waals surface area contributed by atoms with Crippen molar-refractivity contribution >= 4 is 22.4 Å². The molecule has 3 aromatic rings. The van der Waals surface area contributed by atoms with Gasteiger partial charge in [0.2, 0.25) is 0 Å². The van der Waals surface area contributed by atoms with Crippen LogP contribution in [0.2, 0.25) is 0 Å². The molecule has 5 heteroatoms. The largest absolute Gasteiger partial charge is 0.342 e. The lowest BCUT2D eigenvalue weighted by Crippen LogP contribution is -1.93. The molecule has 0 saturated heterocycles. The number of benzene rings is 1. The van der Waals surface area contributed by atoms with E-state index in [-0.39, 0.29) is 0 Å². The molecule has 17 heavy (non-hydrogen) atoms. The number of nitrogens with zero attached hydrogens (tertiary/aromatic N) is 2. The van der Waals surface area contributed by atoms with Crippen molar-refractivity contribution in [3.63, 3.8) is 0 Å². The maximum atomic E-state index is 5.57. The molecule has 0 bridgehead atoms. The van der Waals surface area contributed by atoms with Gasteiger partial charge in [0, 0.05) is 12.7 Å². The van der Waals surface area contributed by atoms with Crippen molar-refractivity contribution in [2.24, 2.45) is 5.73 Å². The number of hydrogen-bond acceptors (Lipinski definition) is 4. The summed E-state index contributed by atoms with van der Waals surface area (Å²) in [5.41, 5.74) is 8.77. The highest BCUT2D eigenvalue weighted by Crippen LogP contribution is 2.28. The van der Waals surface area contributed by atoms with Gasteiger partial charge in [0.05, 0.1) is 15.9 Å². The van der Waals surface area contributed by atoms with Crippen LogP contribution in [-0.4, -0.2) is 15.0 Å². The van der Waals surface area contributed by atoms with E-state index in [1.807, 2.05) is 19.2 Å². The number of imidazole rings is 1. The summed E-state index contributed by atoms with van der Waals surface area (Å²) in [5, 5.41) is 0.959. The van der Waals surface area contributed by atoms with Crippen molar-refractivity contribution in [2.75, 3.05) is 0 Å². The molecule has 86 valence electrons. The van der Waals surface area contributed by atoms with Gasteiger partial charge in [0.1, 0.15) is 10.8 Å². The van der Waals surface area contributed by atoms with E-state index >= 15 is 0 Å². The Morgan fingerprint density at radius 3 is 3.06 bits per heavy atom. The van der Waals surface area contributed by atoms with E-state index in [0.717, 1.165) is 32.3 Å². The van der Waals surface area contributed by atoms with Gasteiger partial charge in [0.25, 0.3) is 0 Å². The number of H-pyrrole nitrogens is 1. The second-order valence-electron chi connectivity index (χ2n) is 3.88. The number of hydrogen-bond donors (Lipinski definition) is 2. The Morgan fingerprint density at radius 1 is 1.41 bits per heavy atom. The van der Waals surface area contributed by atoms with Crippen LogP contribution in [0.3, 0.4) is 0 Å². The SMILES string of the molecule is Cc1nc2ccc(-c3cnc(CN)s3)cc2[nH]1. The Morgan fingerprint density at radius 2 is 2.29 bits per heavy atom. The molecular formula is C12H12N4S. The van der Waals surface area contributed by atoms with Crippen LogP contribution in [0.15, 0.2) is 24.4 Å². The fourth-order valence-corrected chi connectivity index (χ4v) is 2.62. The Hall–Kier alpha value is -1.72. The van der Waals surface area contributed by atoms with Gasteiger partial charge in [-0.2, -0.15) is 0 Å². The van der Waals surface area contributed by atoms with Crippen molar-refractivity contribution < 1.29 is 0 Å². The summed E-state index contributed by atoms with van der Waals surface area (Å²) in [7, 11) is 0. The van der Waals surface area contributed by atoms with Crippen molar-refractivity contribution in [2.45, 2.75) is 13.5 Å². The summed E-state index contributed by atoms with van der Waals surface area (Å²) in [6.07, 6.45) is 1.87. The number of nitrogens with one attached hydrogen (secondary N) is 1. The van der Waals surface area contributed by atoms with Gasteiger partial charge in [-0.3, -0.25) is 0 Å². The minimum Gasteiger partial charge on any atom is -0.342 e. The number of nitrogens with two attached hydrogens (primary N) is 1. The summed E-state index contributed by atoms with van der Waals surface area (Å²) in [5.74, 6) is 0.934. The molecule has 3 N–H and O–H groups in total. The van der Waals surface area contributed by atoms with E-state index in [1.54, 1.807) is 11.3 Å². The lowest BCUT2D eigenvalue weighted by molar-refractivity contribution is 1.04. The maximum absolute atomic E-state index is 5.57.